The van der Waals surface area contributed by atoms with E-state index in [0.29, 0.717) is 11.6 Å². The van der Waals surface area contributed by atoms with Gasteiger partial charge in [0.15, 0.2) is 5.82 Å². The largest absolute Gasteiger partial charge is 0.412 e. The lowest BCUT2D eigenvalue weighted by atomic mass is 10.1. The molecule has 4 rings (SSSR count). The van der Waals surface area contributed by atoms with Gasteiger partial charge in [-0.25, -0.2) is 9.78 Å². The zero-order chi connectivity index (χ0) is 17.8. The number of benzene rings is 1. The molecule has 0 atom stereocenters. The summed E-state index contributed by atoms with van der Waals surface area (Å²) in [6.45, 7) is 0. The second kappa shape index (κ2) is 7.35. The summed E-state index contributed by atoms with van der Waals surface area (Å²) in [6, 6.07) is 9.59. The highest BCUT2D eigenvalue weighted by Gasteiger charge is 2.18. The number of carbonyl (C=O) groups excluding carboxylic acids is 1. The van der Waals surface area contributed by atoms with Gasteiger partial charge in [0.2, 0.25) is 0 Å². The molecule has 1 aliphatic carbocycles. The Kier molecular flexibility index (Phi) is 4.59. The molecule has 0 spiro atoms. The summed E-state index contributed by atoms with van der Waals surface area (Å²) in [6.07, 6.45) is 8.91. The van der Waals surface area contributed by atoms with Crippen LogP contribution in [0.3, 0.4) is 0 Å². The third-order valence-electron chi connectivity index (χ3n) is 4.48. The summed E-state index contributed by atoms with van der Waals surface area (Å²) in [5, 5.41) is 9.61. The molecule has 3 aromatic rings. The van der Waals surface area contributed by atoms with Crippen LogP contribution in [0.4, 0.5) is 4.79 Å². The lowest BCUT2D eigenvalue weighted by molar-refractivity contribution is 0.196. The van der Waals surface area contributed by atoms with Crippen LogP contribution in [-0.4, -0.2) is 32.3 Å². The van der Waals surface area contributed by atoms with Crippen LogP contribution in [0, 0.1) is 0 Å². The molecule has 0 aliphatic heterocycles. The van der Waals surface area contributed by atoms with Crippen LogP contribution in [0.1, 0.15) is 25.7 Å². The van der Waals surface area contributed by atoms with Gasteiger partial charge < -0.3 is 10.1 Å². The van der Waals surface area contributed by atoms with Crippen LogP contribution in [0.2, 0.25) is 0 Å². The van der Waals surface area contributed by atoms with Crippen LogP contribution < -0.4 is 10.1 Å². The molecule has 26 heavy (non-hydrogen) atoms. The lowest BCUT2D eigenvalue weighted by Crippen LogP contribution is -2.34. The molecule has 1 fully saturated rings. The van der Waals surface area contributed by atoms with E-state index in [-0.39, 0.29) is 6.04 Å². The van der Waals surface area contributed by atoms with Crippen LogP contribution in [0.25, 0.3) is 22.5 Å². The van der Waals surface area contributed by atoms with Crippen molar-refractivity contribution in [1.29, 1.82) is 0 Å². The minimum absolute atomic E-state index is 0.230. The Balaban J connectivity index is 1.50. The highest BCUT2D eigenvalue weighted by Crippen LogP contribution is 2.26. The Bertz CT molecular complexity index is 888. The summed E-state index contributed by atoms with van der Waals surface area (Å²) < 4.78 is 5.44. The van der Waals surface area contributed by atoms with Gasteiger partial charge in [0.05, 0.1) is 0 Å². The van der Waals surface area contributed by atoms with Gasteiger partial charge in [-0.3, -0.25) is 10.1 Å². The zero-order valence-electron chi connectivity index (χ0n) is 14.2. The number of nitrogens with one attached hydrogen (secondary N) is 2. The maximum atomic E-state index is 12.1. The predicted molar refractivity (Wildman–Crippen MR) is 96.5 cm³/mol. The molecule has 2 aromatic heterocycles. The minimum atomic E-state index is -0.400. The molecule has 0 saturated heterocycles. The van der Waals surface area contributed by atoms with Crippen LogP contribution in [0.5, 0.6) is 5.75 Å². The number of H-pyrrole nitrogens is 1. The molecule has 0 bridgehead atoms. The molecular weight excluding hydrogens is 330 g/mol. The SMILES string of the molecule is O=C(NC1CCCC1)Oc1cccc(-c2cncc(-c3ncn[nH]3)c2)c1. The molecule has 1 saturated carbocycles. The molecule has 7 nitrogen and oxygen atoms in total. The van der Waals surface area contributed by atoms with Gasteiger partial charge in [-0.05, 0) is 36.6 Å². The fourth-order valence-electron chi connectivity index (χ4n) is 3.18. The van der Waals surface area contributed by atoms with Gasteiger partial charge in [0, 0.05) is 29.6 Å². The Morgan fingerprint density at radius 3 is 2.77 bits per heavy atom. The van der Waals surface area contributed by atoms with Crippen molar-refractivity contribution in [3.63, 3.8) is 0 Å². The van der Waals surface area contributed by atoms with E-state index in [9.17, 15) is 4.79 Å². The quantitative estimate of drug-likeness (QED) is 0.751. The number of amides is 1. The normalized spacial score (nSPS) is 14.3. The fourth-order valence-corrected chi connectivity index (χ4v) is 3.18. The third-order valence-corrected chi connectivity index (χ3v) is 4.48. The molecule has 132 valence electrons. The van der Waals surface area contributed by atoms with Crippen molar-refractivity contribution in [1.82, 2.24) is 25.5 Å². The molecule has 0 radical (unpaired) electrons. The topological polar surface area (TPSA) is 92.8 Å². The number of pyridine rings is 1. The summed E-state index contributed by atoms with van der Waals surface area (Å²) in [4.78, 5) is 20.5. The van der Waals surface area contributed by atoms with E-state index >= 15 is 0 Å². The number of aromatic amines is 1. The average Bonchev–Trinajstić information content (AvgIpc) is 3.36. The first-order valence-electron chi connectivity index (χ1n) is 8.67. The number of aromatic nitrogens is 4. The van der Waals surface area contributed by atoms with Crippen molar-refractivity contribution >= 4 is 6.09 Å². The summed E-state index contributed by atoms with van der Waals surface area (Å²) in [7, 11) is 0. The standard InChI is InChI=1S/C19H19N5O2/c25-19(23-16-5-1-2-6-16)26-17-7-3-4-13(9-17)14-8-15(11-20-10-14)18-21-12-22-24-18/h3-4,7-12,16H,1-2,5-6H2,(H,23,25)(H,21,22,24). The summed E-state index contributed by atoms with van der Waals surface area (Å²) in [5.41, 5.74) is 2.65. The highest BCUT2D eigenvalue weighted by atomic mass is 16.6. The van der Waals surface area contributed by atoms with Crippen molar-refractivity contribution < 1.29 is 9.53 Å². The van der Waals surface area contributed by atoms with Crippen LogP contribution in [-0.2, 0) is 0 Å². The monoisotopic (exact) mass is 349 g/mol. The second-order valence-corrected chi connectivity index (χ2v) is 6.34. The Morgan fingerprint density at radius 1 is 1.12 bits per heavy atom. The first kappa shape index (κ1) is 16.3. The molecule has 2 N–H and O–H groups in total. The highest BCUT2D eigenvalue weighted by molar-refractivity contribution is 5.73. The lowest BCUT2D eigenvalue weighted by Gasteiger charge is -2.12. The Hall–Kier alpha value is -3.22. The predicted octanol–water partition coefficient (Wildman–Crippen LogP) is 3.56. The maximum absolute atomic E-state index is 12.1. The van der Waals surface area contributed by atoms with Crippen molar-refractivity contribution in [2.24, 2.45) is 0 Å². The fraction of sp³-hybridized carbons (Fsp3) is 0.263. The van der Waals surface area contributed by atoms with Crippen molar-refractivity contribution in [3.8, 4) is 28.3 Å². The van der Waals surface area contributed by atoms with E-state index < -0.39 is 6.09 Å². The zero-order valence-corrected chi connectivity index (χ0v) is 14.2. The number of carbonyl (C=O) groups is 1. The molecule has 1 amide bonds. The number of rotatable bonds is 4. The maximum Gasteiger partial charge on any atom is 0.412 e. The Labute approximate surface area is 150 Å². The molecule has 1 aromatic carbocycles. The summed E-state index contributed by atoms with van der Waals surface area (Å²) in [5.74, 6) is 1.16. The van der Waals surface area contributed by atoms with Gasteiger partial charge in [-0.15, -0.1) is 0 Å². The van der Waals surface area contributed by atoms with Crippen molar-refractivity contribution in [3.05, 3.63) is 49.1 Å². The van der Waals surface area contributed by atoms with Crippen molar-refractivity contribution in [2.45, 2.75) is 31.7 Å². The van der Waals surface area contributed by atoms with Crippen LogP contribution >= 0.6 is 0 Å². The molecular formula is C19H19N5O2. The number of ether oxygens (including phenoxy) is 1. The molecule has 0 unspecified atom stereocenters. The van der Waals surface area contributed by atoms with Crippen molar-refractivity contribution in [2.75, 3.05) is 0 Å². The summed E-state index contributed by atoms with van der Waals surface area (Å²) >= 11 is 0. The third kappa shape index (κ3) is 3.72. The molecule has 2 heterocycles. The van der Waals surface area contributed by atoms with Gasteiger partial charge >= 0.3 is 6.09 Å². The first-order valence-corrected chi connectivity index (χ1v) is 8.67. The number of hydrogen-bond donors (Lipinski definition) is 2. The smallest absolute Gasteiger partial charge is 0.410 e. The van der Waals surface area contributed by atoms with Gasteiger partial charge in [0.25, 0.3) is 0 Å². The number of hydrogen-bond acceptors (Lipinski definition) is 5. The first-order chi connectivity index (χ1) is 12.8. The molecule has 7 heteroatoms. The average molecular weight is 349 g/mol. The molecule has 1 aliphatic rings. The van der Waals surface area contributed by atoms with E-state index in [4.69, 9.17) is 4.74 Å². The Morgan fingerprint density at radius 2 is 1.96 bits per heavy atom. The van der Waals surface area contributed by atoms with Gasteiger partial charge in [-0.2, -0.15) is 5.10 Å². The second-order valence-electron chi connectivity index (χ2n) is 6.34. The van der Waals surface area contributed by atoms with Crippen LogP contribution in [0.15, 0.2) is 49.1 Å². The van der Waals surface area contributed by atoms with E-state index in [1.807, 2.05) is 24.3 Å². The van der Waals surface area contributed by atoms with Gasteiger partial charge in [-0.1, -0.05) is 25.0 Å². The van der Waals surface area contributed by atoms with E-state index in [0.717, 1.165) is 42.4 Å². The van der Waals surface area contributed by atoms with E-state index in [1.54, 1.807) is 18.5 Å². The number of nitrogens with zero attached hydrogens (tertiary/aromatic N) is 3. The minimum Gasteiger partial charge on any atom is -0.410 e. The van der Waals surface area contributed by atoms with E-state index in [1.165, 1.54) is 6.33 Å². The van der Waals surface area contributed by atoms with Gasteiger partial charge in [0.1, 0.15) is 12.1 Å². The van der Waals surface area contributed by atoms with E-state index in [2.05, 4.69) is 25.5 Å².